The first kappa shape index (κ1) is 16.3. The first-order valence-electron chi connectivity index (χ1n) is 8.43. The Kier molecular flexibility index (Phi) is 4.33. The van der Waals surface area contributed by atoms with E-state index in [9.17, 15) is 0 Å². The Hall–Kier alpha value is -2.15. The number of hydrogen-bond donors (Lipinski definition) is 1. The average molecular weight is 358 g/mol. The van der Waals surface area contributed by atoms with Gasteiger partial charge in [-0.2, -0.15) is 0 Å². The van der Waals surface area contributed by atoms with E-state index in [0.29, 0.717) is 5.25 Å². The Morgan fingerprint density at radius 3 is 2.88 bits per heavy atom. The first-order chi connectivity index (χ1) is 12.2. The van der Waals surface area contributed by atoms with Crippen LogP contribution < -0.4 is 9.47 Å². The number of methoxy groups -OCH3 is 2. The number of aliphatic imine (C=N–C) groups is 1. The van der Waals surface area contributed by atoms with E-state index >= 15 is 0 Å². The van der Waals surface area contributed by atoms with E-state index in [1.165, 1.54) is 5.69 Å². The number of para-hydroxylation sites is 1. The molecule has 0 radical (unpaired) electrons. The molecule has 3 heterocycles. The Labute approximate surface area is 151 Å². The van der Waals surface area contributed by atoms with Crippen molar-refractivity contribution in [2.24, 2.45) is 4.99 Å². The fraction of sp³-hybridized carbons (Fsp3) is 0.444. The Morgan fingerprint density at radius 2 is 2.16 bits per heavy atom. The highest BCUT2D eigenvalue weighted by Crippen LogP contribution is 2.43. The predicted octanol–water partition coefficient (Wildman–Crippen LogP) is 2.87. The molecule has 2 aromatic rings. The molecule has 0 saturated carbocycles. The Balaban J connectivity index is 1.84. The average Bonchev–Trinajstić information content (AvgIpc) is 3.28. The third-order valence-electron chi connectivity index (χ3n) is 4.69. The molecule has 0 spiro atoms. The van der Waals surface area contributed by atoms with E-state index in [-0.39, 0.29) is 6.04 Å². The number of rotatable bonds is 3. The first-order valence-corrected chi connectivity index (χ1v) is 9.31. The second-order valence-electron chi connectivity index (χ2n) is 6.25. The summed E-state index contributed by atoms with van der Waals surface area (Å²) in [5.41, 5.74) is 3.28. The van der Waals surface area contributed by atoms with Crippen LogP contribution in [0.3, 0.4) is 0 Å². The number of H-pyrrole nitrogens is 1. The van der Waals surface area contributed by atoms with Crippen LogP contribution in [0.2, 0.25) is 0 Å². The van der Waals surface area contributed by atoms with Crippen LogP contribution in [0.15, 0.2) is 29.5 Å². The van der Waals surface area contributed by atoms with Gasteiger partial charge < -0.3 is 19.4 Å². The van der Waals surface area contributed by atoms with Gasteiger partial charge in [-0.05, 0) is 6.07 Å². The molecule has 0 saturated heterocycles. The predicted molar refractivity (Wildman–Crippen MR) is 99.7 cm³/mol. The largest absolute Gasteiger partial charge is 0.493 e. The van der Waals surface area contributed by atoms with E-state index in [1.54, 1.807) is 20.5 Å². The van der Waals surface area contributed by atoms with Crippen molar-refractivity contribution < 1.29 is 9.47 Å². The van der Waals surface area contributed by atoms with Crippen molar-refractivity contribution in [3.05, 3.63) is 41.5 Å². The molecule has 0 bridgehead atoms. The van der Waals surface area contributed by atoms with Crippen LogP contribution >= 0.6 is 11.8 Å². The zero-order valence-electron chi connectivity index (χ0n) is 14.7. The number of benzene rings is 1. The van der Waals surface area contributed by atoms with Crippen LogP contribution in [0.1, 0.15) is 29.9 Å². The molecular formula is C18H22N4O2S. The van der Waals surface area contributed by atoms with Crippen molar-refractivity contribution in [2.75, 3.05) is 27.3 Å². The standard InChI is InChI=1S/C18H22N4O2S/c1-11-9-19-18(25-11)22-8-7-13-15(21-10-20-13)16(22)12-5-4-6-14(23-2)17(12)24-3/h4-6,10-11,16H,7-9H2,1-3H3,(H,20,21). The van der Waals surface area contributed by atoms with Gasteiger partial charge in [-0.1, -0.05) is 30.8 Å². The molecule has 0 fully saturated rings. The van der Waals surface area contributed by atoms with Gasteiger partial charge in [-0.3, -0.25) is 4.99 Å². The van der Waals surface area contributed by atoms with Crippen molar-refractivity contribution in [1.29, 1.82) is 0 Å². The van der Waals surface area contributed by atoms with Crippen molar-refractivity contribution in [3.8, 4) is 11.5 Å². The summed E-state index contributed by atoms with van der Waals surface area (Å²) < 4.78 is 11.2. The molecule has 4 rings (SSSR count). The summed E-state index contributed by atoms with van der Waals surface area (Å²) in [6.07, 6.45) is 2.71. The minimum atomic E-state index is -0.0309. The van der Waals surface area contributed by atoms with Gasteiger partial charge in [0.05, 0.1) is 32.8 Å². The topological polar surface area (TPSA) is 62.7 Å². The molecule has 7 heteroatoms. The molecule has 1 aromatic heterocycles. The van der Waals surface area contributed by atoms with E-state index in [1.807, 2.05) is 23.9 Å². The van der Waals surface area contributed by atoms with Crippen LogP contribution in [-0.4, -0.2) is 52.6 Å². The van der Waals surface area contributed by atoms with Gasteiger partial charge in [0.2, 0.25) is 0 Å². The Morgan fingerprint density at radius 1 is 1.28 bits per heavy atom. The van der Waals surface area contributed by atoms with Gasteiger partial charge in [0.1, 0.15) is 6.04 Å². The SMILES string of the molecule is COc1cccc(C2c3nc[nH]c3CCN2C2=NCC(C)S2)c1OC. The number of hydrogen-bond acceptors (Lipinski definition) is 6. The molecule has 2 atom stereocenters. The highest BCUT2D eigenvalue weighted by Gasteiger charge is 2.37. The summed E-state index contributed by atoms with van der Waals surface area (Å²) in [7, 11) is 3.35. The zero-order chi connectivity index (χ0) is 17.4. The van der Waals surface area contributed by atoms with Crippen molar-refractivity contribution >= 4 is 16.9 Å². The highest BCUT2D eigenvalue weighted by atomic mass is 32.2. The Bertz CT molecular complexity index is 804. The van der Waals surface area contributed by atoms with E-state index in [0.717, 1.165) is 47.4 Å². The second-order valence-corrected chi connectivity index (χ2v) is 7.65. The van der Waals surface area contributed by atoms with Gasteiger partial charge >= 0.3 is 0 Å². The summed E-state index contributed by atoms with van der Waals surface area (Å²) in [6, 6.07) is 5.98. The number of thioether (sulfide) groups is 1. The maximum Gasteiger partial charge on any atom is 0.166 e. The van der Waals surface area contributed by atoms with Crippen molar-refractivity contribution in [1.82, 2.24) is 14.9 Å². The number of imidazole rings is 1. The summed E-state index contributed by atoms with van der Waals surface area (Å²) in [4.78, 5) is 15.0. The minimum absolute atomic E-state index is 0.0309. The summed E-state index contributed by atoms with van der Waals surface area (Å²) >= 11 is 1.84. The maximum absolute atomic E-state index is 5.71. The van der Waals surface area contributed by atoms with Gasteiger partial charge in [0.25, 0.3) is 0 Å². The fourth-order valence-corrected chi connectivity index (χ4v) is 4.53. The lowest BCUT2D eigenvalue weighted by Gasteiger charge is -2.37. The number of ether oxygens (including phenoxy) is 2. The number of amidine groups is 1. The second kappa shape index (κ2) is 6.63. The molecule has 6 nitrogen and oxygen atoms in total. The van der Waals surface area contributed by atoms with Crippen LogP contribution in [0.5, 0.6) is 11.5 Å². The molecule has 2 aliphatic heterocycles. The number of nitrogens with zero attached hydrogens (tertiary/aromatic N) is 3. The number of aromatic nitrogens is 2. The van der Waals surface area contributed by atoms with E-state index < -0.39 is 0 Å². The molecule has 25 heavy (non-hydrogen) atoms. The van der Waals surface area contributed by atoms with Crippen molar-refractivity contribution in [2.45, 2.75) is 24.6 Å². The number of fused-ring (bicyclic) bond motifs is 1. The molecule has 132 valence electrons. The lowest BCUT2D eigenvalue weighted by molar-refractivity contribution is 0.312. The van der Waals surface area contributed by atoms with Crippen LogP contribution in [0, 0.1) is 0 Å². The van der Waals surface area contributed by atoms with Gasteiger partial charge in [-0.25, -0.2) is 4.98 Å². The third-order valence-corrected chi connectivity index (χ3v) is 5.81. The lowest BCUT2D eigenvalue weighted by Crippen LogP contribution is -2.39. The molecule has 2 unspecified atom stereocenters. The molecule has 2 aliphatic rings. The fourth-order valence-electron chi connectivity index (χ4n) is 3.54. The molecular weight excluding hydrogens is 336 g/mol. The smallest absolute Gasteiger partial charge is 0.166 e. The summed E-state index contributed by atoms with van der Waals surface area (Å²) in [6.45, 7) is 3.98. The van der Waals surface area contributed by atoms with Crippen LogP contribution in [0.25, 0.3) is 0 Å². The lowest BCUT2D eigenvalue weighted by atomic mass is 9.95. The normalized spacial score (nSPS) is 22.5. The number of aromatic amines is 1. The maximum atomic E-state index is 5.71. The van der Waals surface area contributed by atoms with Crippen molar-refractivity contribution in [3.63, 3.8) is 0 Å². The molecule has 1 N–H and O–H groups in total. The molecule has 0 aliphatic carbocycles. The van der Waals surface area contributed by atoms with Gasteiger partial charge in [0.15, 0.2) is 16.7 Å². The summed E-state index contributed by atoms with van der Waals surface area (Å²) in [5.74, 6) is 1.49. The number of nitrogens with one attached hydrogen (secondary N) is 1. The molecule has 1 aromatic carbocycles. The zero-order valence-corrected chi connectivity index (χ0v) is 15.5. The minimum Gasteiger partial charge on any atom is -0.493 e. The van der Waals surface area contributed by atoms with Gasteiger partial charge in [-0.15, -0.1) is 0 Å². The summed E-state index contributed by atoms with van der Waals surface area (Å²) in [5, 5.41) is 1.61. The van der Waals surface area contributed by atoms with Gasteiger partial charge in [0, 0.05) is 29.5 Å². The van der Waals surface area contributed by atoms with Crippen LogP contribution in [-0.2, 0) is 6.42 Å². The molecule has 0 amide bonds. The van der Waals surface area contributed by atoms with E-state index in [4.69, 9.17) is 14.5 Å². The highest BCUT2D eigenvalue weighted by molar-refractivity contribution is 8.14. The monoisotopic (exact) mass is 358 g/mol. The van der Waals surface area contributed by atoms with E-state index in [2.05, 4.69) is 27.9 Å². The van der Waals surface area contributed by atoms with Crippen LogP contribution in [0.4, 0.5) is 0 Å². The quantitative estimate of drug-likeness (QED) is 0.914. The third kappa shape index (κ3) is 2.76.